The highest BCUT2D eigenvalue weighted by Gasteiger charge is 1.90. The van der Waals surface area contributed by atoms with Crippen LogP contribution in [-0.2, 0) is 9.63 Å². The van der Waals surface area contributed by atoms with Gasteiger partial charge in [-0.2, -0.15) is 0 Å². The number of nitrogens with zero attached hydrogens (tertiary/aromatic N) is 1. The van der Waals surface area contributed by atoms with E-state index in [0.717, 1.165) is 6.08 Å². The van der Waals surface area contributed by atoms with Gasteiger partial charge in [0.15, 0.2) is 0 Å². The molecule has 0 bridgehead atoms. The Labute approximate surface area is 54.0 Å². The van der Waals surface area contributed by atoms with E-state index in [-0.39, 0.29) is 0 Å². The lowest BCUT2D eigenvalue weighted by atomic mass is 10.5. The van der Waals surface area contributed by atoms with E-state index in [1.165, 1.54) is 0 Å². The lowest BCUT2D eigenvalue weighted by Crippen LogP contribution is -1.94. The van der Waals surface area contributed by atoms with Gasteiger partial charge in [0, 0.05) is 6.08 Å². The summed E-state index contributed by atoms with van der Waals surface area (Å²) in [5.41, 5.74) is 0.699. The third kappa shape index (κ3) is 4.74. The molecule has 0 aromatic carbocycles. The lowest BCUT2D eigenvalue weighted by Gasteiger charge is -1.89. The summed E-state index contributed by atoms with van der Waals surface area (Å²) < 4.78 is 0. The Hall–Kier alpha value is -1.12. The largest absolute Gasteiger partial charge is 0.357 e. The van der Waals surface area contributed by atoms with Crippen molar-refractivity contribution >= 4 is 11.7 Å². The van der Waals surface area contributed by atoms with Gasteiger partial charge in [0.25, 0.3) is 0 Å². The summed E-state index contributed by atoms with van der Waals surface area (Å²) in [5, 5.41) is 3.39. The Balaban J connectivity index is 3.63. The van der Waals surface area contributed by atoms with Crippen molar-refractivity contribution < 1.29 is 9.63 Å². The third-order valence-electron chi connectivity index (χ3n) is 0.485. The molecule has 0 unspecified atom stereocenters. The standard InChI is InChI=1S/C6H9NO2/c1-4-6(8)9-7-5(2)3/h4H,1H2,2-3H3. The van der Waals surface area contributed by atoms with E-state index in [0.29, 0.717) is 5.71 Å². The summed E-state index contributed by atoms with van der Waals surface area (Å²) in [6, 6.07) is 0. The van der Waals surface area contributed by atoms with E-state index in [9.17, 15) is 4.79 Å². The number of carbonyl (C=O) groups is 1. The van der Waals surface area contributed by atoms with E-state index >= 15 is 0 Å². The predicted octanol–water partition coefficient (Wildman–Crippen LogP) is 1.11. The molecule has 0 aliphatic heterocycles. The van der Waals surface area contributed by atoms with Crippen LogP contribution in [0.4, 0.5) is 0 Å². The van der Waals surface area contributed by atoms with Crippen LogP contribution in [0.5, 0.6) is 0 Å². The monoisotopic (exact) mass is 127 g/mol. The Kier molecular flexibility index (Phi) is 3.35. The molecule has 0 aliphatic carbocycles. The second-order valence-corrected chi connectivity index (χ2v) is 1.65. The fourth-order valence-corrected chi connectivity index (χ4v) is 0.174. The zero-order valence-electron chi connectivity index (χ0n) is 5.55. The molecule has 3 heteroatoms. The summed E-state index contributed by atoms with van der Waals surface area (Å²) >= 11 is 0. The highest BCUT2D eigenvalue weighted by Crippen LogP contribution is 1.81. The van der Waals surface area contributed by atoms with E-state index < -0.39 is 5.97 Å². The smallest absolute Gasteiger partial charge is 0.314 e. The highest BCUT2D eigenvalue weighted by molar-refractivity contribution is 5.83. The van der Waals surface area contributed by atoms with Gasteiger partial charge in [-0.05, 0) is 13.8 Å². The Morgan fingerprint density at radius 1 is 1.67 bits per heavy atom. The molecule has 0 spiro atoms. The van der Waals surface area contributed by atoms with Crippen molar-refractivity contribution in [1.29, 1.82) is 0 Å². The zero-order chi connectivity index (χ0) is 7.28. The first-order chi connectivity index (χ1) is 4.16. The summed E-state index contributed by atoms with van der Waals surface area (Å²) in [6.45, 7) is 6.66. The van der Waals surface area contributed by atoms with E-state index in [2.05, 4.69) is 16.6 Å². The Morgan fingerprint density at radius 3 is 2.56 bits per heavy atom. The molecule has 50 valence electrons. The van der Waals surface area contributed by atoms with Gasteiger partial charge in [-0.1, -0.05) is 11.7 Å². The van der Waals surface area contributed by atoms with Crippen molar-refractivity contribution in [3.8, 4) is 0 Å². The second-order valence-electron chi connectivity index (χ2n) is 1.65. The van der Waals surface area contributed by atoms with Crippen molar-refractivity contribution in [2.75, 3.05) is 0 Å². The topological polar surface area (TPSA) is 38.7 Å². The molecule has 0 rings (SSSR count). The van der Waals surface area contributed by atoms with Crippen molar-refractivity contribution in [3.63, 3.8) is 0 Å². The van der Waals surface area contributed by atoms with Crippen LogP contribution < -0.4 is 0 Å². The lowest BCUT2D eigenvalue weighted by molar-refractivity contribution is -0.137. The van der Waals surface area contributed by atoms with Crippen molar-refractivity contribution in [3.05, 3.63) is 12.7 Å². The first-order valence-electron chi connectivity index (χ1n) is 2.51. The maximum atomic E-state index is 10.3. The summed E-state index contributed by atoms with van der Waals surface area (Å²) in [4.78, 5) is 14.6. The molecule has 0 aromatic rings. The molecule has 9 heavy (non-hydrogen) atoms. The average molecular weight is 127 g/mol. The normalized spacial score (nSPS) is 7.78. The molecular formula is C6H9NO2. The van der Waals surface area contributed by atoms with Gasteiger partial charge in [-0.25, -0.2) is 4.79 Å². The maximum absolute atomic E-state index is 10.3. The van der Waals surface area contributed by atoms with Crippen LogP contribution in [0.1, 0.15) is 13.8 Å². The zero-order valence-corrected chi connectivity index (χ0v) is 5.55. The Bertz CT molecular complexity index is 145. The maximum Gasteiger partial charge on any atom is 0.357 e. The summed E-state index contributed by atoms with van der Waals surface area (Å²) in [7, 11) is 0. The fourth-order valence-electron chi connectivity index (χ4n) is 0.174. The second kappa shape index (κ2) is 3.83. The molecular weight excluding hydrogens is 118 g/mol. The molecule has 0 saturated heterocycles. The number of hydrogen-bond acceptors (Lipinski definition) is 3. The molecule has 0 radical (unpaired) electrons. The molecule has 0 saturated carbocycles. The van der Waals surface area contributed by atoms with Crippen LogP contribution in [0.25, 0.3) is 0 Å². The van der Waals surface area contributed by atoms with Crippen LogP contribution in [0.3, 0.4) is 0 Å². The van der Waals surface area contributed by atoms with Crippen LogP contribution >= 0.6 is 0 Å². The van der Waals surface area contributed by atoms with Gasteiger partial charge in [0.2, 0.25) is 0 Å². The van der Waals surface area contributed by atoms with Gasteiger partial charge in [-0.3, -0.25) is 0 Å². The molecule has 0 aliphatic rings. The van der Waals surface area contributed by atoms with Crippen LogP contribution in [0.15, 0.2) is 17.8 Å². The number of hydrogen-bond donors (Lipinski definition) is 0. The highest BCUT2D eigenvalue weighted by atomic mass is 16.7. The molecule has 0 amide bonds. The summed E-state index contributed by atoms with van der Waals surface area (Å²) in [6.07, 6.45) is 1.06. The first-order valence-corrected chi connectivity index (χ1v) is 2.51. The molecule has 0 fully saturated rings. The molecule has 0 aromatic heterocycles. The van der Waals surface area contributed by atoms with Gasteiger partial charge in [0.1, 0.15) is 0 Å². The Morgan fingerprint density at radius 2 is 2.22 bits per heavy atom. The van der Waals surface area contributed by atoms with E-state index in [4.69, 9.17) is 0 Å². The number of rotatable bonds is 2. The molecule has 0 N–H and O–H groups in total. The van der Waals surface area contributed by atoms with Gasteiger partial charge in [0.05, 0.1) is 5.71 Å². The minimum atomic E-state index is -0.531. The van der Waals surface area contributed by atoms with Crippen LogP contribution in [0.2, 0.25) is 0 Å². The number of oxime groups is 1. The third-order valence-corrected chi connectivity index (χ3v) is 0.485. The minimum Gasteiger partial charge on any atom is -0.314 e. The average Bonchev–Trinajstić information content (AvgIpc) is 1.83. The SMILES string of the molecule is C=CC(=O)ON=C(C)C. The van der Waals surface area contributed by atoms with E-state index in [1.807, 2.05) is 0 Å². The molecule has 3 nitrogen and oxygen atoms in total. The van der Waals surface area contributed by atoms with Gasteiger partial charge in [-0.15, -0.1) is 0 Å². The van der Waals surface area contributed by atoms with Crippen LogP contribution in [0, 0.1) is 0 Å². The van der Waals surface area contributed by atoms with Gasteiger partial charge >= 0.3 is 5.97 Å². The number of carbonyl (C=O) groups excluding carboxylic acids is 1. The first kappa shape index (κ1) is 7.88. The predicted molar refractivity (Wildman–Crippen MR) is 35.1 cm³/mol. The van der Waals surface area contributed by atoms with Crippen molar-refractivity contribution in [2.45, 2.75) is 13.8 Å². The van der Waals surface area contributed by atoms with Gasteiger partial charge < -0.3 is 4.84 Å². The fraction of sp³-hybridized carbons (Fsp3) is 0.333. The van der Waals surface area contributed by atoms with Crippen molar-refractivity contribution in [2.24, 2.45) is 5.16 Å². The summed E-state index contributed by atoms with van der Waals surface area (Å²) in [5.74, 6) is -0.531. The molecule has 0 atom stereocenters. The van der Waals surface area contributed by atoms with Crippen LogP contribution in [-0.4, -0.2) is 11.7 Å². The van der Waals surface area contributed by atoms with Crippen molar-refractivity contribution in [1.82, 2.24) is 0 Å². The minimum absolute atomic E-state index is 0.531. The van der Waals surface area contributed by atoms with E-state index in [1.54, 1.807) is 13.8 Å². The quantitative estimate of drug-likeness (QED) is 0.241. The molecule has 0 heterocycles.